The fraction of sp³-hybridized carbons (Fsp3) is 0.571. The molecule has 1 N–H and O–H groups in total. The van der Waals surface area contributed by atoms with Crippen molar-refractivity contribution < 1.29 is 5.11 Å². The van der Waals surface area contributed by atoms with Crippen LogP contribution in [0.15, 0.2) is 24.3 Å². The van der Waals surface area contributed by atoms with Crippen molar-refractivity contribution in [1.29, 1.82) is 0 Å². The Morgan fingerprint density at radius 1 is 1.19 bits per heavy atom. The van der Waals surface area contributed by atoms with Gasteiger partial charge >= 0.3 is 0 Å². The van der Waals surface area contributed by atoms with Crippen molar-refractivity contribution >= 4 is 11.6 Å². The van der Waals surface area contributed by atoms with E-state index in [2.05, 4.69) is 13.8 Å². The second-order valence-electron chi connectivity index (χ2n) is 4.73. The molecule has 1 unspecified atom stereocenters. The lowest BCUT2D eigenvalue weighted by Gasteiger charge is -2.16. The van der Waals surface area contributed by atoms with Gasteiger partial charge in [0, 0.05) is 17.5 Å². The van der Waals surface area contributed by atoms with Crippen LogP contribution in [0, 0.1) is 5.92 Å². The molecule has 0 spiro atoms. The van der Waals surface area contributed by atoms with E-state index in [-0.39, 0.29) is 12.5 Å². The van der Waals surface area contributed by atoms with Gasteiger partial charge in [-0.15, -0.1) is 0 Å². The third-order valence-corrected chi connectivity index (χ3v) is 3.24. The number of hydrogen-bond acceptors (Lipinski definition) is 1. The lowest BCUT2D eigenvalue weighted by molar-refractivity contribution is 0.255. The summed E-state index contributed by atoms with van der Waals surface area (Å²) in [5, 5.41) is 10.2. The molecule has 0 heterocycles. The van der Waals surface area contributed by atoms with Gasteiger partial charge in [-0.1, -0.05) is 56.5 Å². The van der Waals surface area contributed by atoms with Crippen LogP contribution in [0.1, 0.15) is 44.6 Å². The minimum atomic E-state index is 0.182. The van der Waals surface area contributed by atoms with Gasteiger partial charge < -0.3 is 5.11 Å². The Labute approximate surface area is 103 Å². The molecule has 0 aliphatic rings. The molecule has 0 bridgehead atoms. The summed E-state index contributed by atoms with van der Waals surface area (Å²) < 4.78 is 0. The van der Waals surface area contributed by atoms with Crippen LogP contribution in [0.2, 0.25) is 5.02 Å². The summed E-state index contributed by atoms with van der Waals surface area (Å²) in [6.45, 7) is 4.63. The molecule has 1 aromatic rings. The highest BCUT2D eigenvalue weighted by atomic mass is 35.5. The van der Waals surface area contributed by atoms with Crippen molar-refractivity contribution in [2.45, 2.75) is 39.0 Å². The topological polar surface area (TPSA) is 20.2 Å². The number of aliphatic hydroxyl groups is 1. The first kappa shape index (κ1) is 13.5. The Hall–Kier alpha value is -0.530. The molecule has 0 aromatic heterocycles. The first-order valence-corrected chi connectivity index (χ1v) is 6.38. The second-order valence-corrected chi connectivity index (χ2v) is 5.13. The van der Waals surface area contributed by atoms with Crippen LogP contribution in [0.25, 0.3) is 0 Å². The molecule has 0 aliphatic carbocycles. The predicted molar refractivity (Wildman–Crippen MR) is 70.0 cm³/mol. The van der Waals surface area contributed by atoms with Crippen LogP contribution in [0.5, 0.6) is 0 Å². The molecular formula is C14H21ClO. The third kappa shape index (κ3) is 4.15. The highest BCUT2D eigenvalue weighted by Gasteiger charge is 2.13. The molecule has 1 nitrogen and oxygen atoms in total. The summed E-state index contributed by atoms with van der Waals surface area (Å²) in [5.41, 5.74) is 1.08. The van der Waals surface area contributed by atoms with Crippen molar-refractivity contribution in [2.24, 2.45) is 5.92 Å². The molecule has 90 valence electrons. The molecule has 0 saturated heterocycles. The van der Waals surface area contributed by atoms with Crippen LogP contribution < -0.4 is 0 Å². The Balaban J connectivity index is 2.57. The van der Waals surface area contributed by atoms with E-state index in [4.69, 9.17) is 11.6 Å². The fourth-order valence-electron chi connectivity index (χ4n) is 1.92. The zero-order valence-corrected chi connectivity index (χ0v) is 10.9. The van der Waals surface area contributed by atoms with E-state index < -0.39 is 0 Å². The van der Waals surface area contributed by atoms with Crippen molar-refractivity contribution in [1.82, 2.24) is 0 Å². The normalized spacial score (nSPS) is 13.1. The summed E-state index contributed by atoms with van der Waals surface area (Å²) in [5.74, 6) is 0.915. The SMILES string of the molecule is CC(C)CCCC(CO)c1ccccc1Cl. The Kier molecular flexibility index (Phi) is 5.86. The molecule has 0 fully saturated rings. The van der Waals surface area contributed by atoms with Gasteiger partial charge in [0.05, 0.1) is 0 Å². The number of aliphatic hydroxyl groups excluding tert-OH is 1. The minimum absolute atomic E-state index is 0.182. The van der Waals surface area contributed by atoms with Gasteiger partial charge in [0.2, 0.25) is 0 Å². The highest BCUT2D eigenvalue weighted by Crippen LogP contribution is 2.28. The smallest absolute Gasteiger partial charge is 0.0500 e. The largest absolute Gasteiger partial charge is 0.396 e. The van der Waals surface area contributed by atoms with Gasteiger partial charge in [-0.25, -0.2) is 0 Å². The van der Waals surface area contributed by atoms with Gasteiger partial charge in [0.25, 0.3) is 0 Å². The maximum Gasteiger partial charge on any atom is 0.0500 e. The van der Waals surface area contributed by atoms with Gasteiger partial charge in [-0.3, -0.25) is 0 Å². The molecule has 1 rings (SSSR count). The molecule has 0 aliphatic heterocycles. The molecule has 2 heteroatoms. The number of benzene rings is 1. The first-order valence-electron chi connectivity index (χ1n) is 6.00. The monoisotopic (exact) mass is 240 g/mol. The van der Waals surface area contributed by atoms with Gasteiger partial charge in [0.15, 0.2) is 0 Å². The van der Waals surface area contributed by atoms with Crippen molar-refractivity contribution in [3.05, 3.63) is 34.9 Å². The van der Waals surface area contributed by atoms with Crippen LogP contribution in [0.3, 0.4) is 0 Å². The summed E-state index contributed by atoms with van der Waals surface area (Å²) in [4.78, 5) is 0. The molecule has 0 saturated carbocycles. The van der Waals surface area contributed by atoms with Gasteiger partial charge in [-0.05, 0) is 24.0 Å². The third-order valence-electron chi connectivity index (χ3n) is 2.90. The van der Waals surface area contributed by atoms with E-state index in [1.54, 1.807) is 0 Å². The maximum atomic E-state index is 9.41. The number of halogens is 1. The number of hydrogen-bond donors (Lipinski definition) is 1. The zero-order chi connectivity index (χ0) is 12.0. The average molecular weight is 241 g/mol. The van der Waals surface area contributed by atoms with Crippen LogP contribution >= 0.6 is 11.6 Å². The standard InChI is InChI=1S/C14H21ClO/c1-11(2)6-5-7-12(10-16)13-8-3-4-9-14(13)15/h3-4,8-9,11-12,16H,5-7,10H2,1-2H3. The molecule has 1 atom stereocenters. The lowest BCUT2D eigenvalue weighted by atomic mass is 9.92. The van der Waals surface area contributed by atoms with E-state index in [0.29, 0.717) is 0 Å². The van der Waals surface area contributed by atoms with Crippen LogP contribution in [-0.4, -0.2) is 11.7 Å². The Morgan fingerprint density at radius 3 is 2.44 bits per heavy atom. The van der Waals surface area contributed by atoms with E-state index in [9.17, 15) is 5.11 Å². The second kappa shape index (κ2) is 6.93. The quantitative estimate of drug-likeness (QED) is 0.789. The highest BCUT2D eigenvalue weighted by molar-refractivity contribution is 6.31. The fourth-order valence-corrected chi connectivity index (χ4v) is 2.21. The summed E-state index contributed by atoms with van der Waals surface area (Å²) in [6, 6.07) is 7.81. The molecular weight excluding hydrogens is 220 g/mol. The van der Waals surface area contributed by atoms with Crippen LogP contribution in [-0.2, 0) is 0 Å². The molecule has 0 radical (unpaired) electrons. The average Bonchev–Trinajstić information content (AvgIpc) is 2.25. The first-order chi connectivity index (χ1) is 7.65. The molecule has 0 amide bonds. The van der Waals surface area contributed by atoms with E-state index in [1.807, 2.05) is 24.3 Å². The molecule has 1 aromatic carbocycles. The molecule has 16 heavy (non-hydrogen) atoms. The van der Waals surface area contributed by atoms with Crippen LogP contribution in [0.4, 0.5) is 0 Å². The predicted octanol–water partition coefficient (Wildman–Crippen LogP) is 4.24. The van der Waals surface area contributed by atoms with E-state index >= 15 is 0 Å². The number of rotatable bonds is 6. The summed E-state index contributed by atoms with van der Waals surface area (Å²) in [6.07, 6.45) is 3.37. The van der Waals surface area contributed by atoms with E-state index in [1.165, 1.54) is 6.42 Å². The Morgan fingerprint density at radius 2 is 1.88 bits per heavy atom. The zero-order valence-electron chi connectivity index (χ0n) is 10.1. The maximum absolute atomic E-state index is 9.41. The summed E-state index contributed by atoms with van der Waals surface area (Å²) >= 11 is 6.13. The van der Waals surface area contributed by atoms with Crippen molar-refractivity contribution in [3.63, 3.8) is 0 Å². The minimum Gasteiger partial charge on any atom is -0.396 e. The van der Waals surface area contributed by atoms with Gasteiger partial charge in [0.1, 0.15) is 0 Å². The van der Waals surface area contributed by atoms with Crippen molar-refractivity contribution in [3.8, 4) is 0 Å². The van der Waals surface area contributed by atoms with Gasteiger partial charge in [-0.2, -0.15) is 0 Å². The summed E-state index contributed by atoms with van der Waals surface area (Å²) in [7, 11) is 0. The Bertz CT molecular complexity index is 309. The van der Waals surface area contributed by atoms with E-state index in [0.717, 1.165) is 29.3 Å². The lowest BCUT2D eigenvalue weighted by Crippen LogP contribution is -2.05. The van der Waals surface area contributed by atoms with Crippen molar-refractivity contribution in [2.75, 3.05) is 6.61 Å².